The third kappa shape index (κ3) is 4.20. The zero-order chi connectivity index (χ0) is 15.4. The van der Waals surface area contributed by atoms with Crippen LogP contribution in [0.15, 0.2) is 43.7 Å². The van der Waals surface area contributed by atoms with Gasteiger partial charge in [0.1, 0.15) is 11.6 Å². The van der Waals surface area contributed by atoms with Gasteiger partial charge in [0.25, 0.3) is 0 Å². The van der Waals surface area contributed by atoms with Crippen LogP contribution >= 0.6 is 47.8 Å². The van der Waals surface area contributed by atoms with E-state index in [1.165, 1.54) is 6.07 Å². The van der Waals surface area contributed by atoms with Crippen LogP contribution in [0.1, 0.15) is 12.5 Å². The fourth-order valence-electron chi connectivity index (χ4n) is 1.85. The van der Waals surface area contributed by atoms with E-state index in [9.17, 15) is 4.39 Å². The molecule has 0 fully saturated rings. The molecule has 112 valence electrons. The molecule has 0 aromatic heterocycles. The summed E-state index contributed by atoms with van der Waals surface area (Å²) in [6.07, 6.45) is 0. The van der Waals surface area contributed by atoms with Crippen LogP contribution in [0.25, 0.3) is 0 Å². The molecule has 2 rings (SSSR count). The lowest BCUT2D eigenvalue weighted by Gasteiger charge is -2.13. The minimum absolute atomic E-state index is 0.284. The van der Waals surface area contributed by atoms with Crippen LogP contribution in [-0.4, -0.2) is 6.61 Å². The fourth-order valence-corrected chi connectivity index (χ4v) is 3.85. The summed E-state index contributed by atoms with van der Waals surface area (Å²) in [4.78, 5) is 0. The zero-order valence-electron chi connectivity index (χ0n) is 11.2. The highest BCUT2D eigenvalue weighted by atomic mass is 79.9. The van der Waals surface area contributed by atoms with Crippen LogP contribution in [-0.2, 0) is 6.54 Å². The maximum absolute atomic E-state index is 13.7. The maximum atomic E-state index is 13.7. The van der Waals surface area contributed by atoms with Crippen LogP contribution < -0.4 is 10.1 Å². The number of nitrogens with one attached hydrogen (secondary N) is 1. The number of para-hydroxylation sites is 1. The summed E-state index contributed by atoms with van der Waals surface area (Å²) in [5.74, 6) is 0.488. The Morgan fingerprint density at radius 3 is 2.33 bits per heavy atom. The summed E-state index contributed by atoms with van der Waals surface area (Å²) in [6.45, 7) is 3.03. The lowest BCUT2D eigenvalue weighted by atomic mass is 10.2. The molecule has 2 aromatic carbocycles. The van der Waals surface area contributed by atoms with E-state index in [4.69, 9.17) is 4.74 Å². The summed E-state index contributed by atoms with van der Waals surface area (Å²) in [5, 5.41) is 3.10. The first-order chi connectivity index (χ1) is 10.0. The standard InChI is InChI=1S/C15H13Br3FNO/c1-2-21-15-11(17)6-9(7-12(15)18)8-20-14-10(16)4-3-5-13(14)19/h3-7,20H,2,8H2,1H3. The molecule has 0 aliphatic rings. The van der Waals surface area contributed by atoms with E-state index in [0.29, 0.717) is 23.3 Å². The average molecular weight is 482 g/mol. The number of anilines is 1. The number of hydrogen-bond acceptors (Lipinski definition) is 2. The molecule has 0 spiro atoms. The van der Waals surface area contributed by atoms with Crippen molar-refractivity contribution < 1.29 is 9.13 Å². The quantitative estimate of drug-likeness (QED) is 0.555. The van der Waals surface area contributed by atoms with Gasteiger partial charge in [-0.15, -0.1) is 0 Å². The normalized spacial score (nSPS) is 10.5. The van der Waals surface area contributed by atoms with Gasteiger partial charge >= 0.3 is 0 Å². The van der Waals surface area contributed by atoms with E-state index in [0.717, 1.165) is 20.3 Å². The number of rotatable bonds is 5. The molecule has 1 N–H and O–H groups in total. The third-order valence-electron chi connectivity index (χ3n) is 2.78. The monoisotopic (exact) mass is 479 g/mol. The van der Waals surface area contributed by atoms with Crippen LogP contribution in [0.2, 0.25) is 0 Å². The van der Waals surface area contributed by atoms with Crippen LogP contribution in [0, 0.1) is 5.82 Å². The first kappa shape index (κ1) is 16.8. The van der Waals surface area contributed by atoms with Crippen LogP contribution in [0.3, 0.4) is 0 Å². The molecule has 0 aliphatic carbocycles. The van der Waals surface area contributed by atoms with Gasteiger partial charge < -0.3 is 10.1 Å². The molecule has 0 saturated heterocycles. The third-order valence-corrected chi connectivity index (χ3v) is 4.62. The molecule has 6 heteroatoms. The molecule has 0 atom stereocenters. The van der Waals surface area contributed by atoms with E-state index in [2.05, 4.69) is 53.1 Å². The highest BCUT2D eigenvalue weighted by Crippen LogP contribution is 2.35. The Balaban J connectivity index is 2.17. The molecule has 2 aromatic rings. The molecule has 0 aliphatic heterocycles. The summed E-state index contributed by atoms with van der Waals surface area (Å²) in [6, 6.07) is 8.80. The number of halogens is 4. The van der Waals surface area contributed by atoms with Gasteiger partial charge in [-0.05, 0) is 84.5 Å². The van der Waals surface area contributed by atoms with Gasteiger partial charge in [-0.25, -0.2) is 4.39 Å². The van der Waals surface area contributed by atoms with Crippen molar-refractivity contribution in [2.24, 2.45) is 0 Å². The van der Waals surface area contributed by atoms with Crippen molar-refractivity contribution in [3.63, 3.8) is 0 Å². The van der Waals surface area contributed by atoms with Crippen molar-refractivity contribution in [1.29, 1.82) is 0 Å². The second-order valence-corrected chi connectivity index (χ2v) is 6.83. The lowest BCUT2D eigenvalue weighted by Crippen LogP contribution is -2.03. The van der Waals surface area contributed by atoms with Crippen LogP contribution in [0.4, 0.5) is 10.1 Å². The van der Waals surface area contributed by atoms with Gasteiger partial charge in [-0.2, -0.15) is 0 Å². The van der Waals surface area contributed by atoms with Gasteiger partial charge in [0.05, 0.1) is 21.2 Å². The summed E-state index contributed by atoms with van der Waals surface area (Å²) in [5.41, 5.74) is 1.46. The second kappa shape index (κ2) is 7.61. The predicted octanol–water partition coefficient (Wildman–Crippen LogP) is 6.12. The van der Waals surface area contributed by atoms with Crippen molar-refractivity contribution in [1.82, 2.24) is 0 Å². The van der Waals surface area contributed by atoms with E-state index in [-0.39, 0.29) is 5.82 Å². The van der Waals surface area contributed by atoms with Gasteiger partial charge in [0.15, 0.2) is 0 Å². The molecule has 0 unspecified atom stereocenters. The Hall–Kier alpha value is -0.590. The summed E-state index contributed by atoms with van der Waals surface area (Å²) in [7, 11) is 0. The minimum atomic E-state index is -0.284. The van der Waals surface area contributed by atoms with Gasteiger partial charge in [0.2, 0.25) is 0 Å². The SMILES string of the molecule is CCOc1c(Br)cc(CNc2c(F)cccc2Br)cc1Br. The van der Waals surface area contributed by atoms with E-state index >= 15 is 0 Å². The van der Waals surface area contributed by atoms with Gasteiger partial charge in [-0.3, -0.25) is 0 Å². The number of benzene rings is 2. The smallest absolute Gasteiger partial charge is 0.147 e. The number of ether oxygens (including phenoxy) is 1. The maximum Gasteiger partial charge on any atom is 0.147 e. The van der Waals surface area contributed by atoms with E-state index in [1.54, 1.807) is 12.1 Å². The first-order valence-electron chi connectivity index (χ1n) is 6.31. The van der Waals surface area contributed by atoms with Crippen molar-refractivity contribution in [2.45, 2.75) is 13.5 Å². The predicted molar refractivity (Wildman–Crippen MR) is 94.4 cm³/mol. The molecule has 0 radical (unpaired) electrons. The zero-order valence-corrected chi connectivity index (χ0v) is 16.0. The highest BCUT2D eigenvalue weighted by molar-refractivity contribution is 9.11. The second-order valence-electron chi connectivity index (χ2n) is 4.27. The lowest BCUT2D eigenvalue weighted by molar-refractivity contribution is 0.336. The fraction of sp³-hybridized carbons (Fsp3) is 0.200. The van der Waals surface area contributed by atoms with Crippen LogP contribution in [0.5, 0.6) is 5.75 Å². The molecule has 2 nitrogen and oxygen atoms in total. The number of hydrogen-bond donors (Lipinski definition) is 1. The van der Waals surface area contributed by atoms with E-state index < -0.39 is 0 Å². The summed E-state index contributed by atoms with van der Waals surface area (Å²) >= 11 is 10.3. The Morgan fingerprint density at radius 2 is 1.76 bits per heavy atom. The van der Waals surface area contributed by atoms with Crippen molar-refractivity contribution >= 4 is 53.5 Å². The average Bonchev–Trinajstić information content (AvgIpc) is 2.42. The van der Waals surface area contributed by atoms with Crippen molar-refractivity contribution in [3.05, 3.63) is 55.1 Å². The molecular weight excluding hydrogens is 469 g/mol. The molecule has 0 heterocycles. The molecule has 0 amide bonds. The summed E-state index contributed by atoms with van der Waals surface area (Å²) < 4.78 is 21.7. The van der Waals surface area contributed by atoms with Gasteiger partial charge in [-0.1, -0.05) is 6.07 Å². The molecule has 21 heavy (non-hydrogen) atoms. The minimum Gasteiger partial charge on any atom is -0.492 e. The molecule has 0 saturated carbocycles. The highest BCUT2D eigenvalue weighted by Gasteiger charge is 2.10. The van der Waals surface area contributed by atoms with Gasteiger partial charge in [0, 0.05) is 11.0 Å². The Labute approximate surface area is 148 Å². The first-order valence-corrected chi connectivity index (χ1v) is 8.69. The molecule has 0 bridgehead atoms. The van der Waals surface area contributed by atoms with E-state index in [1.807, 2.05) is 19.1 Å². The Kier molecular flexibility index (Phi) is 6.08. The largest absolute Gasteiger partial charge is 0.492 e. The molecular formula is C15H13Br3FNO. The van der Waals surface area contributed by atoms with Crippen molar-refractivity contribution in [2.75, 3.05) is 11.9 Å². The Bertz CT molecular complexity index is 606. The Morgan fingerprint density at radius 1 is 1.10 bits per heavy atom. The van der Waals surface area contributed by atoms with Crippen molar-refractivity contribution in [3.8, 4) is 5.75 Å². The topological polar surface area (TPSA) is 21.3 Å².